The number of aromatic nitrogens is 1. The van der Waals surface area contributed by atoms with Crippen molar-refractivity contribution in [3.05, 3.63) is 47.2 Å². The maximum atomic E-state index is 12.5. The molecule has 1 amide bonds. The monoisotopic (exact) mass is 385 g/mol. The Morgan fingerprint density at radius 3 is 2.56 bits per heavy atom. The first-order chi connectivity index (χ1) is 11.7. The Labute approximate surface area is 152 Å². The summed E-state index contributed by atoms with van der Waals surface area (Å²) in [5.74, 6) is 0.367. The summed E-state index contributed by atoms with van der Waals surface area (Å²) in [6, 6.07) is 8.29. The molecule has 0 aliphatic carbocycles. The van der Waals surface area contributed by atoms with Crippen LogP contribution in [0.3, 0.4) is 0 Å². The van der Waals surface area contributed by atoms with E-state index < -0.39 is 10.0 Å². The third kappa shape index (κ3) is 4.75. The van der Waals surface area contributed by atoms with Gasteiger partial charge in [0.1, 0.15) is 22.9 Å². The maximum absolute atomic E-state index is 12.5. The fourth-order valence-corrected chi connectivity index (χ4v) is 3.07. The molecule has 0 unspecified atom stereocenters. The van der Waals surface area contributed by atoms with Crippen LogP contribution in [0.1, 0.15) is 10.5 Å². The minimum Gasteiger partial charge on any atom is -0.492 e. The molecule has 0 spiro atoms. The van der Waals surface area contributed by atoms with Gasteiger partial charge in [0.2, 0.25) is 10.0 Å². The number of carbonyl (C=O) groups is 1. The number of benzene rings is 1. The highest BCUT2D eigenvalue weighted by atomic mass is 35.5. The number of likely N-dealkylation sites (N-methyl/N-ethyl adjacent to an activating group) is 1. The second-order valence-electron chi connectivity index (χ2n) is 5.41. The van der Waals surface area contributed by atoms with E-state index in [4.69, 9.17) is 16.3 Å². The van der Waals surface area contributed by atoms with E-state index in [2.05, 4.69) is 4.72 Å². The molecule has 25 heavy (non-hydrogen) atoms. The minimum atomic E-state index is -3.59. The van der Waals surface area contributed by atoms with Crippen molar-refractivity contribution in [3.8, 4) is 5.75 Å². The third-order valence-electron chi connectivity index (χ3n) is 3.63. The van der Waals surface area contributed by atoms with Gasteiger partial charge in [-0.1, -0.05) is 11.6 Å². The molecule has 2 aromatic rings. The zero-order valence-corrected chi connectivity index (χ0v) is 15.8. The molecule has 0 aliphatic rings. The lowest BCUT2D eigenvalue weighted by Crippen LogP contribution is -2.32. The SMILES string of the molecule is CNS(=O)(=O)c1cc(C(=O)N(C)CCOc2ccc(Cl)cc2)n(C)c1. The number of nitrogens with one attached hydrogen (secondary N) is 1. The predicted molar refractivity (Wildman–Crippen MR) is 95.6 cm³/mol. The molecule has 0 saturated carbocycles. The number of sulfonamides is 1. The lowest BCUT2D eigenvalue weighted by atomic mass is 10.3. The second-order valence-corrected chi connectivity index (χ2v) is 7.73. The van der Waals surface area contributed by atoms with Crippen LogP contribution in [0, 0.1) is 0 Å². The molecule has 0 saturated heterocycles. The largest absolute Gasteiger partial charge is 0.492 e. The second kappa shape index (κ2) is 7.90. The summed E-state index contributed by atoms with van der Waals surface area (Å²) < 4.78 is 32.9. The van der Waals surface area contributed by atoms with Crippen LogP contribution >= 0.6 is 11.6 Å². The van der Waals surface area contributed by atoms with Crippen LogP contribution in [-0.2, 0) is 17.1 Å². The Kier molecular flexibility index (Phi) is 6.10. The van der Waals surface area contributed by atoms with Gasteiger partial charge >= 0.3 is 0 Å². The number of aryl methyl sites for hydroxylation is 1. The zero-order chi connectivity index (χ0) is 18.6. The molecule has 0 bridgehead atoms. The van der Waals surface area contributed by atoms with Crippen LogP contribution in [0.15, 0.2) is 41.4 Å². The van der Waals surface area contributed by atoms with Crippen LogP contribution in [0.4, 0.5) is 0 Å². The fourth-order valence-electron chi connectivity index (χ4n) is 2.14. The zero-order valence-electron chi connectivity index (χ0n) is 14.2. The highest BCUT2D eigenvalue weighted by Crippen LogP contribution is 2.16. The Bertz CT molecular complexity index is 847. The van der Waals surface area contributed by atoms with Crippen LogP contribution in [-0.4, -0.2) is 51.0 Å². The van der Waals surface area contributed by atoms with E-state index in [9.17, 15) is 13.2 Å². The first-order valence-corrected chi connectivity index (χ1v) is 9.34. The summed E-state index contributed by atoms with van der Waals surface area (Å²) >= 11 is 5.81. The smallest absolute Gasteiger partial charge is 0.270 e. The topological polar surface area (TPSA) is 80.6 Å². The molecule has 7 nitrogen and oxygen atoms in total. The van der Waals surface area contributed by atoms with Crippen molar-refractivity contribution in [2.75, 3.05) is 27.2 Å². The normalized spacial score (nSPS) is 11.4. The first kappa shape index (κ1) is 19.3. The summed E-state index contributed by atoms with van der Waals surface area (Å²) in [5, 5.41) is 0.621. The van der Waals surface area contributed by atoms with Gasteiger partial charge < -0.3 is 14.2 Å². The number of carbonyl (C=O) groups excluding carboxylic acids is 1. The van der Waals surface area contributed by atoms with Gasteiger partial charge in [0, 0.05) is 25.3 Å². The van der Waals surface area contributed by atoms with E-state index >= 15 is 0 Å². The van der Waals surface area contributed by atoms with Gasteiger partial charge in [-0.15, -0.1) is 0 Å². The minimum absolute atomic E-state index is 0.0478. The van der Waals surface area contributed by atoms with Gasteiger partial charge in [0.15, 0.2) is 0 Å². The number of hydrogen-bond acceptors (Lipinski definition) is 4. The van der Waals surface area contributed by atoms with Crippen molar-refractivity contribution in [2.45, 2.75) is 4.90 Å². The summed E-state index contributed by atoms with van der Waals surface area (Å²) in [6.07, 6.45) is 1.40. The van der Waals surface area contributed by atoms with Crippen molar-refractivity contribution in [1.29, 1.82) is 0 Å². The molecule has 1 heterocycles. The lowest BCUT2D eigenvalue weighted by molar-refractivity contribution is 0.0764. The predicted octanol–water partition coefficient (Wildman–Crippen LogP) is 1.74. The summed E-state index contributed by atoms with van der Waals surface area (Å²) in [7, 11) is 0.988. The number of rotatable bonds is 7. The van der Waals surface area contributed by atoms with Crippen LogP contribution in [0.25, 0.3) is 0 Å². The third-order valence-corrected chi connectivity index (χ3v) is 5.27. The highest BCUT2D eigenvalue weighted by Gasteiger charge is 2.21. The first-order valence-electron chi connectivity index (χ1n) is 7.48. The van der Waals surface area contributed by atoms with Crippen molar-refractivity contribution >= 4 is 27.5 Å². The van der Waals surface area contributed by atoms with Crippen molar-refractivity contribution in [1.82, 2.24) is 14.2 Å². The Balaban J connectivity index is 1.99. The van der Waals surface area contributed by atoms with E-state index in [1.54, 1.807) is 38.4 Å². The molecule has 0 fully saturated rings. The molecule has 0 radical (unpaired) electrons. The van der Waals surface area contributed by atoms with E-state index in [1.807, 2.05) is 0 Å². The number of halogens is 1. The van der Waals surface area contributed by atoms with Gasteiger partial charge in [0.25, 0.3) is 5.91 Å². The average Bonchev–Trinajstić information content (AvgIpc) is 2.98. The summed E-state index contributed by atoms with van der Waals surface area (Å²) in [4.78, 5) is 14.0. The number of hydrogen-bond donors (Lipinski definition) is 1. The van der Waals surface area contributed by atoms with Crippen molar-refractivity contribution in [3.63, 3.8) is 0 Å². The van der Waals surface area contributed by atoms with Gasteiger partial charge in [-0.25, -0.2) is 13.1 Å². The molecule has 9 heteroatoms. The average molecular weight is 386 g/mol. The standard InChI is InChI=1S/C16H20ClN3O4S/c1-18-25(22,23)14-10-15(20(3)11-14)16(21)19(2)8-9-24-13-6-4-12(17)5-7-13/h4-7,10-11,18H,8-9H2,1-3H3. The molecule has 2 rings (SSSR count). The van der Waals surface area contributed by atoms with Crippen LogP contribution in [0.2, 0.25) is 5.02 Å². The van der Waals surface area contributed by atoms with Gasteiger partial charge in [-0.2, -0.15) is 0 Å². The van der Waals surface area contributed by atoms with Gasteiger partial charge in [-0.05, 0) is 37.4 Å². The molecular formula is C16H20ClN3O4S. The molecule has 1 aromatic carbocycles. The molecule has 0 aliphatic heterocycles. The number of nitrogens with zero attached hydrogens (tertiary/aromatic N) is 2. The lowest BCUT2D eigenvalue weighted by Gasteiger charge is -2.17. The molecule has 0 atom stereocenters. The molecular weight excluding hydrogens is 366 g/mol. The van der Waals surface area contributed by atoms with E-state index in [0.717, 1.165) is 0 Å². The molecule has 136 valence electrons. The Morgan fingerprint density at radius 1 is 1.32 bits per heavy atom. The number of ether oxygens (including phenoxy) is 1. The van der Waals surface area contributed by atoms with Gasteiger partial charge in [-0.3, -0.25) is 4.79 Å². The quantitative estimate of drug-likeness (QED) is 0.787. The fraction of sp³-hybridized carbons (Fsp3) is 0.312. The van der Waals surface area contributed by atoms with E-state index in [0.29, 0.717) is 23.9 Å². The molecule has 1 aromatic heterocycles. The van der Waals surface area contributed by atoms with Gasteiger partial charge in [0.05, 0.1) is 6.54 Å². The Hall–Kier alpha value is -2.03. The maximum Gasteiger partial charge on any atom is 0.270 e. The summed E-state index contributed by atoms with van der Waals surface area (Å²) in [6.45, 7) is 0.650. The van der Waals surface area contributed by atoms with Crippen LogP contribution < -0.4 is 9.46 Å². The van der Waals surface area contributed by atoms with Crippen molar-refractivity contribution < 1.29 is 17.9 Å². The molecule has 1 N–H and O–H groups in total. The van der Waals surface area contributed by atoms with Crippen molar-refractivity contribution in [2.24, 2.45) is 7.05 Å². The number of amides is 1. The van der Waals surface area contributed by atoms with Crippen LogP contribution in [0.5, 0.6) is 5.75 Å². The highest BCUT2D eigenvalue weighted by molar-refractivity contribution is 7.89. The van der Waals surface area contributed by atoms with E-state index in [-0.39, 0.29) is 16.5 Å². The summed E-state index contributed by atoms with van der Waals surface area (Å²) in [5.41, 5.74) is 0.280. The van der Waals surface area contributed by atoms with E-state index in [1.165, 1.54) is 28.8 Å². The Morgan fingerprint density at radius 2 is 1.96 bits per heavy atom.